The van der Waals surface area contributed by atoms with Crippen LogP contribution >= 0.6 is 0 Å². The topological polar surface area (TPSA) is 115 Å². The van der Waals surface area contributed by atoms with Gasteiger partial charge >= 0.3 is 12.1 Å². The van der Waals surface area contributed by atoms with Crippen molar-refractivity contribution in [3.8, 4) is 0 Å². The van der Waals surface area contributed by atoms with Gasteiger partial charge in [0.05, 0.1) is 11.9 Å². The number of nitrogens with one attached hydrogen (secondary N) is 1. The molecule has 1 aromatic carbocycles. The Kier molecular flexibility index (Phi) is 6.76. The highest BCUT2D eigenvalue weighted by atomic mass is 16.5. The number of aryl methyl sites for hydroxylation is 1. The van der Waals surface area contributed by atoms with Gasteiger partial charge in [-0.2, -0.15) is 0 Å². The zero-order chi connectivity index (χ0) is 18.1. The molecule has 0 aliphatic heterocycles. The number of hydrogen-bond donors (Lipinski definition) is 3. The molecule has 0 bridgehead atoms. The second kappa shape index (κ2) is 9.27. The molecule has 2 aromatic rings. The Morgan fingerprint density at radius 2 is 1.96 bits per heavy atom. The van der Waals surface area contributed by atoms with Crippen LogP contribution in [-0.4, -0.2) is 28.2 Å². The van der Waals surface area contributed by atoms with Gasteiger partial charge in [0, 0.05) is 5.69 Å². The Hall–Kier alpha value is -3.09. The van der Waals surface area contributed by atoms with E-state index < -0.39 is 18.1 Å². The number of carbonyl (C=O) groups is 2. The predicted molar refractivity (Wildman–Crippen MR) is 92.8 cm³/mol. The molecule has 2 rings (SSSR count). The first kappa shape index (κ1) is 18.3. The van der Waals surface area contributed by atoms with Crippen LogP contribution in [0, 0.1) is 0 Å². The summed E-state index contributed by atoms with van der Waals surface area (Å²) in [5.41, 5.74) is 7.80. The minimum Gasteiger partial charge on any atom is -0.480 e. The number of carboxylic acid groups (broad SMARTS) is 1. The zero-order valence-electron chi connectivity index (χ0n) is 13.7. The number of benzene rings is 1. The number of amides is 1. The van der Waals surface area contributed by atoms with Crippen molar-refractivity contribution in [1.82, 2.24) is 10.3 Å². The minimum atomic E-state index is -1.10. The molecule has 0 aliphatic rings. The van der Waals surface area contributed by atoms with Gasteiger partial charge in [0.25, 0.3) is 0 Å². The van der Waals surface area contributed by atoms with E-state index in [0.29, 0.717) is 18.5 Å². The number of carbonyl (C=O) groups excluding carboxylic acids is 1. The fourth-order valence-corrected chi connectivity index (χ4v) is 2.24. The average molecular weight is 343 g/mol. The third-order valence-corrected chi connectivity index (χ3v) is 3.58. The molecule has 0 fully saturated rings. The quantitative estimate of drug-likeness (QED) is 0.678. The van der Waals surface area contributed by atoms with Crippen LogP contribution in [0.2, 0.25) is 0 Å². The van der Waals surface area contributed by atoms with E-state index in [2.05, 4.69) is 10.3 Å². The highest BCUT2D eigenvalue weighted by Gasteiger charge is 2.20. The first-order chi connectivity index (χ1) is 12.0. The Morgan fingerprint density at radius 1 is 1.20 bits per heavy atom. The number of alkyl carbamates (subject to hydrolysis) is 1. The second-order valence-electron chi connectivity index (χ2n) is 5.57. The molecule has 1 aromatic heterocycles. The van der Waals surface area contributed by atoms with Crippen LogP contribution < -0.4 is 11.1 Å². The monoisotopic (exact) mass is 343 g/mol. The molecule has 0 saturated carbocycles. The van der Waals surface area contributed by atoms with Crippen molar-refractivity contribution in [3.05, 3.63) is 59.9 Å². The number of carboxylic acids is 1. The third kappa shape index (κ3) is 6.50. The Morgan fingerprint density at radius 3 is 2.60 bits per heavy atom. The summed E-state index contributed by atoms with van der Waals surface area (Å²) < 4.78 is 5.05. The number of nitrogen functional groups attached to an aromatic ring is 1. The summed E-state index contributed by atoms with van der Waals surface area (Å²) in [6.07, 6.45) is 2.25. The normalized spacial score (nSPS) is 11.5. The summed E-state index contributed by atoms with van der Waals surface area (Å²) in [5.74, 6) is -1.10. The summed E-state index contributed by atoms with van der Waals surface area (Å²) in [6.45, 7) is 0.0916. The van der Waals surface area contributed by atoms with Crippen molar-refractivity contribution in [1.29, 1.82) is 0 Å². The lowest BCUT2D eigenvalue weighted by Crippen LogP contribution is -2.41. The van der Waals surface area contributed by atoms with Gasteiger partial charge in [-0.25, -0.2) is 9.59 Å². The Labute approximate surface area is 145 Å². The fourth-order valence-electron chi connectivity index (χ4n) is 2.24. The van der Waals surface area contributed by atoms with E-state index in [1.807, 2.05) is 30.3 Å². The molecule has 1 heterocycles. The summed E-state index contributed by atoms with van der Waals surface area (Å²) >= 11 is 0. The number of hydrogen-bond acceptors (Lipinski definition) is 5. The van der Waals surface area contributed by atoms with Gasteiger partial charge in [-0.05, 0) is 37.0 Å². The maximum Gasteiger partial charge on any atom is 0.408 e. The van der Waals surface area contributed by atoms with Crippen LogP contribution in [-0.2, 0) is 22.6 Å². The van der Waals surface area contributed by atoms with Crippen LogP contribution in [0.1, 0.15) is 24.1 Å². The van der Waals surface area contributed by atoms with E-state index in [4.69, 9.17) is 10.5 Å². The highest BCUT2D eigenvalue weighted by Crippen LogP contribution is 2.08. The first-order valence-electron chi connectivity index (χ1n) is 7.95. The Balaban J connectivity index is 1.76. The first-order valence-corrected chi connectivity index (χ1v) is 7.95. The third-order valence-electron chi connectivity index (χ3n) is 3.58. The standard InChI is InChI=1S/C18H21N3O4/c19-14-9-10-15(20-11-14)7-4-8-16(17(22)23)21-18(24)25-12-13-5-2-1-3-6-13/h1-3,5-6,9-11,16H,4,7-8,12,19H2,(H,21,24)(H,22,23)/t16-/m0/s1. The molecule has 0 spiro atoms. The van der Waals surface area contributed by atoms with Gasteiger partial charge in [-0.3, -0.25) is 4.98 Å². The second-order valence-corrected chi connectivity index (χ2v) is 5.57. The molecular formula is C18H21N3O4. The summed E-state index contributed by atoms with van der Waals surface area (Å²) in [7, 11) is 0. The lowest BCUT2D eigenvalue weighted by molar-refractivity contribution is -0.139. The number of ether oxygens (including phenoxy) is 1. The highest BCUT2D eigenvalue weighted by molar-refractivity contribution is 5.79. The smallest absolute Gasteiger partial charge is 0.408 e. The molecule has 7 nitrogen and oxygen atoms in total. The van der Waals surface area contributed by atoms with Crippen molar-refractivity contribution in [2.24, 2.45) is 0 Å². The van der Waals surface area contributed by atoms with Crippen molar-refractivity contribution in [3.63, 3.8) is 0 Å². The summed E-state index contributed by atoms with van der Waals surface area (Å²) in [6, 6.07) is 11.7. The van der Waals surface area contributed by atoms with Gasteiger partial charge in [0.1, 0.15) is 12.6 Å². The largest absolute Gasteiger partial charge is 0.480 e. The molecule has 0 saturated heterocycles. The molecule has 4 N–H and O–H groups in total. The number of rotatable bonds is 8. The van der Waals surface area contributed by atoms with Gasteiger partial charge in [0.15, 0.2) is 0 Å². The van der Waals surface area contributed by atoms with E-state index >= 15 is 0 Å². The van der Waals surface area contributed by atoms with Crippen LogP contribution in [0.3, 0.4) is 0 Å². The molecular weight excluding hydrogens is 322 g/mol. The van der Waals surface area contributed by atoms with Gasteiger partial charge in [-0.15, -0.1) is 0 Å². The number of aliphatic carboxylic acids is 1. The zero-order valence-corrected chi connectivity index (χ0v) is 13.7. The van der Waals surface area contributed by atoms with E-state index in [-0.39, 0.29) is 13.0 Å². The Bertz CT molecular complexity index is 689. The van der Waals surface area contributed by atoms with Crippen molar-refractivity contribution in [2.75, 3.05) is 5.73 Å². The van der Waals surface area contributed by atoms with Crippen molar-refractivity contribution in [2.45, 2.75) is 31.9 Å². The lowest BCUT2D eigenvalue weighted by Gasteiger charge is -2.14. The van der Waals surface area contributed by atoms with E-state index in [0.717, 1.165) is 11.3 Å². The van der Waals surface area contributed by atoms with Crippen LogP contribution in [0.5, 0.6) is 0 Å². The van der Waals surface area contributed by atoms with E-state index in [9.17, 15) is 14.7 Å². The van der Waals surface area contributed by atoms with Crippen LogP contribution in [0.4, 0.5) is 10.5 Å². The molecule has 132 valence electrons. The number of anilines is 1. The van der Waals surface area contributed by atoms with Gasteiger partial charge in [-0.1, -0.05) is 30.3 Å². The molecule has 25 heavy (non-hydrogen) atoms. The van der Waals surface area contributed by atoms with Crippen molar-refractivity contribution >= 4 is 17.7 Å². The SMILES string of the molecule is Nc1ccc(CCC[C@H](NC(=O)OCc2ccccc2)C(=O)O)nc1. The fraction of sp³-hybridized carbons (Fsp3) is 0.278. The molecule has 7 heteroatoms. The maximum absolute atomic E-state index is 11.8. The van der Waals surface area contributed by atoms with E-state index in [1.54, 1.807) is 18.3 Å². The number of nitrogens with two attached hydrogens (primary N) is 1. The van der Waals surface area contributed by atoms with Crippen LogP contribution in [0.15, 0.2) is 48.7 Å². The molecule has 0 radical (unpaired) electrons. The number of nitrogens with zero attached hydrogens (tertiary/aromatic N) is 1. The van der Waals surface area contributed by atoms with E-state index in [1.165, 1.54) is 0 Å². The predicted octanol–water partition coefficient (Wildman–Crippen LogP) is 2.37. The van der Waals surface area contributed by atoms with Gasteiger partial charge in [0.2, 0.25) is 0 Å². The molecule has 1 atom stereocenters. The minimum absolute atomic E-state index is 0.0916. The summed E-state index contributed by atoms with van der Waals surface area (Å²) in [4.78, 5) is 27.2. The average Bonchev–Trinajstić information content (AvgIpc) is 2.61. The number of pyridine rings is 1. The van der Waals surface area contributed by atoms with Gasteiger partial charge < -0.3 is 20.9 Å². The lowest BCUT2D eigenvalue weighted by atomic mass is 10.1. The van der Waals surface area contributed by atoms with Crippen molar-refractivity contribution < 1.29 is 19.4 Å². The molecule has 1 amide bonds. The summed E-state index contributed by atoms with van der Waals surface area (Å²) in [5, 5.41) is 11.6. The van der Waals surface area contributed by atoms with Crippen LogP contribution in [0.25, 0.3) is 0 Å². The molecule has 0 unspecified atom stereocenters. The molecule has 0 aliphatic carbocycles. The number of aromatic nitrogens is 1. The maximum atomic E-state index is 11.8.